The number of amides is 1. The summed E-state index contributed by atoms with van der Waals surface area (Å²) in [6.07, 6.45) is 0. The van der Waals surface area contributed by atoms with Crippen LogP contribution in [0.2, 0.25) is 0 Å². The Balaban J connectivity index is 1.68. The molecule has 24 heavy (non-hydrogen) atoms. The summed E-state index contributed by atoms with van der Waals surface area (Å²) < 4.78 is 16.2. The molecule has 2 rings (SSSR count). The highest BCUT2D eigenvalue weighted by Crippen LogP contribution is 2.19. The van der Waals surface area contributed by atoms with E-state index in [1.165, 1.54) is 0 Å². The minimum Gasteiger partial charge on any atom is -0.497 e. The van der Waals surface area contributed by atoms with Gasteiger partial charge >= 0.3 is 0 Å². The molecule has 0 aliphatic rings. The lowest BCUT2D eigenvalue weighted by Gasteiger charge is -2.11. The second-order valence-electron chi connectivity index (χ2n) is 5.44. The van der Waals surface area contributed by atoms with E-state index < -0.39 is 0 Å². The van der Waals surface area contributed by atoms with Crippen molar-refractivity contribution in [2.24, 2.45) is 0 Å². The van der Waals surface area contributed by atoms with Gasteiger partial charge in [-0.2, -0.15) is 0 Å². The van der Waals surface area contributed by atoms with Crippen molar-refractivity contribution in [2.75, 3.05) is 26.9 Å². The van der Waals surface area contributed by atoms with E-state index in [9.17, 15) is 4.79 Å². The molecule has 1 N–H and O–H groups in total. The molecule has 0 bridgehead atoms. The van der Waals surface area contributed by atoms with Crippen LogP contribution in [0.5, 0.6) is 17.2 Å². The molecule has 5 nitrogen and oxygen atoms in total. The lowest BCUT2D eigenvalue weighted by Crippen LogP contribution is -2.32. The van der Waals surface area contributed by atoms with Gasteiger partial charge in [-0.1, -0.05) is 18.2 Å². The van der Waals surface area contributed by atoms with Crippen molar-refractivity contribution in [3.8, 4) is 17.2 Å². The van der Waals surface area contributed by atoms with Crippen LogP contribution < -0.4 is 19.5 Å². The van der Waals surface area contributed by atoms with Crippen LogP contribution in [0, 0.1) is 13.8 Å². The minimum atomic E-state index is -0.176. The summed E-state index contributed by atoms with van der Waals surface area (Å²) in [5, 5.41) is 2.77. The summed E-state index contributed by atoms with van der Waals surface area (Å²) in [7, 11) is 1.61. The molecule has 1 amide bonds. The molecule has 2 aromatic rings. The molecule has 5 heteroatoms. The molecule has 0 aliphatic heterocycles. The molecule has 2 aromatic carbocycles. The zero-order valence-corrected chi connectivity index (χ0v) is 14.3. The highest BCUT2D eigenvalue weighted by Gasteiger charge is 2.05. The lowest BCUT2D eigenvalue weighted by atomic mass is 10.1. The number of hydrogen-bond acceptors (Lipinski definition) is 4. The van der Waals surface area contributed by atoms with Gasteiger partial charge in [0.1, 0.15) is 23.9 Å². The summed E-state index contributed by atoms with van der Waals surface area (Å²) in [5.41, 5.74) is 2.11. The smallest absolute Gasteiger partial charge is 0.258 e. The quantitative estimate of drug-likeness (QED) is 0.757. The van der Waals surface area contributed by atoms with E-state index in [4.69, 9.17) is 14.2 Å². The SMILES string of the molecule is COc1cccc(OCCNC(=O)COc2cc(C)ccc2C)c1. The van der Waals surface area contributed by atoms with E-state index in [-0.39, 0.29) is 12.5 Å². The van der Waals surface area contributed by atoms with Gasteiger partial charge < -0.3 is 19.5 Å². The average Bonchev–Trinajstić information content (AvgIpc) is 2.59. The molecule has 0 fully saturated rings. The number of benzene rings is 2. The van der Waals surface area contributed by atoms with Gasteiger partial charge in [0.2, 0.25) is 0 Å². The predicted octanol–water partition coefficient (Wildman–Crippen LogP) is 2.89. The number of hydrogen-bond donors (Lipinski definition) is 1. The van der Waals surface area contributed by atoms with Crippen LogP contribution in [-0.4, -0.2) is 32.8 Å². The van der Waals surface area contributed by atoms with Crippen molar-refractivity contribution in [2.45, 2.75) is 13.8 Å². The van der Waals surface area contributed by atoms with Crippen LogP contribution in [-0.2, 0) is 4.79 Å². The molecule has 0 spiro atoms. The second kappa shape index (κ2) is 8.82. The van der Waals surface area contributed by atoms with Crippen molar-refractivity contribution >= 4 is 5.91 Å². The Kier molecular flexibility index (Phi) is 6.49. The van der Waals surface area contributed by atoms with E-state index in [0.29, 0.717) is 18.9 Å². The number of carbonyl (C=O) groups excluding carboxylic acids is 1. The summed E-state index contributed by atoms with van der Waals surface area (Å²) in [6.45, 7) is 4.72. The first-order valence-electron chi connectivity index (χ1n) is 7.82. The Morgan fingerprint density at radius 3 is 2.62 bits per heavy atom. The van der Waals surface area contributed by atoms with Gasteiger partial charge in [0.15, 0.2) is 6.61 Å². The molecule has 0 unspecified atom stereocenters. The molecule has 0 heterocycles. The number of carbonyl (C=O) groups is 1. The van der Waals surface area contributed by atoms with Crippen LogP contribution in [0.15, 0.2) is 42.5 Å². The van der Waals surface area contributed by atoms with Gasteiger partial charge in [0.25, 0.3) is 5.91 Å². The summed E-state index contributed by atoms with van der Waals surface area (Å²) in [4.78, 5) is 11.8. The maximum absolute atomic E-state index is 11.8. The van der Waals surface area contributed by atoms with Gasteiger partial charge in [-0.25, -0.2) is 0 Å². The van der Waals surface area contributed by atoms with E-state index in [2.05, 4.69) is 5.32 Å². The van der Waals surface area contributed by atoms with Gasteiger partial charge in [-0.15, -0.1) is 0 Å². The number of ether oxygens (including phenoxy) is 3. The number of aryl methyl sites for hydroxylation is 2. The molecular formula is C19H23NO4. The number of rotatable bonds is 8. The van der Waals surface area contributed by atoms with Crippen molar-refractivity contribution in [1.82, 2.24) is 5.32 Å². The fourth-order valence-corrected chi connectivity index (χ4v) is 2.11. The molecule has 0 aromatic heterocycles. The Labute approximate surface area is 142 Å². The second-order valence-corrected chi connectivity index (χ2v) is 5.44. The first-order valence-corrected chi connectivity index (χ1v) is 7.82. The fraction of sp³-hybridized carbons (Fsp3) is 0.316. The number of methoxy groups -OCH3 is 1. The van der Waals surface area contributed by atoms with E-state index in [1.807, 2.05) is 50.2 Å². The van der Waals surface area contributed by atoms with Crippen molar-refractivity contribution in [3.05, 3.63) is 53.6 Å². The van der Waals surface area contributed by atoms with Gasteiger partial charge in [0, 0.05) is 6.07 Å². The topological polar surface area (TPSA) is 56.8 Å². The standard InChI is InChI=1S/C19H23NO4/c1-14-7-8-15(2)18(11-14)24-13-19(21)20-9-10-23-17-6-4-5-16(12-17)22-3/h4-8,11-12H,9-10,13H2,1-3H3,(H,20,21). The third-order valence-electron chi connectivity index (χ3n) is 3.44. The number of nitrogens with one attached hydrogen (secondary N) is 1. The van der Waals surface area contributed by atoms with E-state index in [1.54, 1.807) is 13.2 Å². The minimum absolute atomic E-state index is 0.0105. The monoisotopic (exact) mass is 329 g/mol. The largest absolute Gasteiger partial charge is 0.497 e. The Hall–Kier alpha value is -2.69. The maximum Gasteiger partial charge on any atom is 0.258 e. The van der Waals surface area contributed by atoms with E-state index >= 15 is 0 Å². The average molecular weight is 329 g/mol. The van der Waals surface area contributed by atoms with Crippen LogP contribution in [0.3, 0.4) is 0 Å². The van der Waals surface area contributed by atoms with E-state index in [0.717, 1.165) is 22.6 Å². The van der Waals surface area contributed by atoms with Gasteiger partial charge in [-0.05, 0) is 43.2 Å². The van der Waals surface area contributed by atoms with Crippen molar-refractivity contribution in [1.29, 1.82) is 0 Å². The van der Waals surface area contributed by atoms with Crippen LogP contribution in [0.25, 0.3) is 0 Å². The normalized spacial score (nSPS) is 10.1. The zero-order valence-electron chi connectivity index (χ0n) is 14.3. The summed E-state index contributed by atoms with van der Waals surface area (Å²) >= 11 is 0. The van der Waals surface area contributed by atoms with Crippen molar-refractivity contribution in [3.63, 3.8) is 0 Å². The molecule has 0 atom stereocenters. The highest BCUT2D eigenvalue weighted by molar-refractivity contribution is 5.77. The highest BCUT2D eigenvalue weighted by atomic mass is 16.5. The zero-order chi connectivity index (χ0) is 17.4. The fourth-order valence-electron chi connectivity index (χ4n) is 2.11. The molecule has 128 valence electrons. The molecule has 0 saturated carbocycles. The Bertz CT molecular complexity index is 685. The molecule has 0 saturated heterocycles. The van der Waals surface area contributed by atoms with Crippen LogP contribution >= 0.6 is 0 Å². The Morgan fingerprint density at radius 1 is 1.04 bits per heavy atom. The maximum atomic E-state index is 11.8. The first-order chi connectivity index (χ1) is 11.6. The third-order valence-corrected chi connectivity index (χ3v) is 3.44. The van der Waals surface area contributed by atoms with Crippen molar-refractivity contribution < 1.29 is 19.0 Å². The molecule has 0 aliphatic carbocycles. The molecular weight excluding hydrogens is 306 g/mol. The lowest BCUT2D eigenvalue weighted by molar-refractivity contribution is -0.123. The summed E-state index contributed by atoms with van der Waals surface area (Å²) in [5.74, 6) is 2.00. The van der Waals surface area contributed by atoms with Gasteiger partial charge in [-0.3, -0.25) is 4.79 Å². The van der Waals surface area contributed by atoms with Crippen LogP contribution in [0.4, 0.5) is 0 Å². The third kappa shape index (κ3) is 5.50. The Morgan fingerprint density at radius 2 is 1.83 bits per heavy atom. The van der Waals surface area contributed by atoms with Crippen LogP contribution in [0.1, 0.15) is 11.1 Å². The molecule has 0 radical (unpaired) electrons. The first kappa shape index (κ1) is 17.7. The predicted molar refractivity (Wildman–Crippen MR) is 92.9 cm³/mol. The van der Waals surface area contributed by atoms with Gasteiger partial charge in [0.05, 0.1) is 13.7 Å². The summed E-state index contributed by atoms with van der Waals surface area (Å²) in [6, 6.07) is 13.3.